The maximum absolute atomic E-state index is 5.29. The largest absolute Gasteiger partial charge is 0.312 e. The predicted octanol–water partition coefficient (Wildman–Crippen LogP) is 2.07. The van der Waals surface area contributed by atoms with Gasteiger partial charge in [0, 0.05) is 19.6 Å². The lowest BCUT2D eigenvalue weighted by atomic mass is 9.87. The second kappa shape index (κ2) is 5.39. The molecule has 1 fully saturated rings. The fourth-order valence-electron chi connectivity index (χ4n) is 3.12. The normalized spacial score (nSPS) is 21.8. The summed E-state index contributed by atoms with van der Waals surface area (Å²) in [5.41, 5.74) is 4.58. The fourth-order valence-corrected chi connectivity index (χ4v) is 3.12. The Balaban J connectivity index is 1.73. The molecule has 1 N–H and O–H groups in total. The Kier molecular flexibility index (Phi) is 3.64. The summed E-state index contributed by atoms with van der Waals surface area (Å²) < 4.78 is 0. The second-order valence-corrected chi connectivity index (χ2v) is 5.34. The highest BCUT2D eigenvalue weighted by Crippen LogP contribution is 2.30. The van der Waals surface area contributed by atoms with Crippen LogP contribution >= 0.6 is 0 Å². The number of rotatable bonds is 2. The SMILES string of the molecule is CON1CCC(c2ccc3c(c2)CCNC3)CC1. The van der Waals surface area contributed by atoms with Gasteiger partial charge in [-0.15, -0.1) is 0 Å². The van der Waals surface area contributed by atoms with Gasteiger partial charge in [-0.05, 0) is 48.4 Å². The number of hydrogen-bond acceptors (Lipinski definition) is 3. The van der Waals surface area contributed by atoms with E-state index in [-0.39, 0.29) is 0 Å². The van der Waals surface area contributed by atoms with Crippen LogP contribution in [0, 0.1) is 0 Å². The molecule has 0 unspecified atom stereocenters. The number of piperidine rings is 1. The molecule has 2 aliphatic heterocycles. The predicted molar refractivity (Wildman–Crippen MR) is 72.4 cm³/mol. The van der Waals surface area contributed by atoms with E-state index in [9.17, 15) is 0 Å². The van der Waals surface area contributed by atoms with Crippen molar-refractivity contribution in [3.63, 3.8) is 0 Å². The number of hydrogen-bond donors (Lipinski definition) is 1. The Morgan fingerprint density at radius 1 is 1.22 bits per heavy atom. The van der Waals surface area contributed by atoms with Crippen LogP contribution < -0.4 is 5.32 Å². The molecule has 0 aromatic heterocycles. The molecule has 0 atom stereocenters. The molecule has 1 saturated heterocycles. The minimum absolute atomic E-state index is 0.719. The summed E-state index contributed by atoms with van der Waals surface area (Å²) in [6.07, 6.45) is 3.61. The zero-order valence-electron chi connectivity index (χ0n) is 11.1. The lowest BCUT2D eigenvalue weighted by molar-refractivity contribution is -0.143. The third-order valence-corrected chi connectivity index (χ3v) is 4.30. The standard InChI is InChI=1S/C15H22N2O/c1-18-17-8-5-12(6-9-17)13-2-3-15-11-16-7-4-14(15)10-13/h2-3,10,12,16H,4-9,11H2,1H3. The monoisotopic (exact) mass is 246 g/mol. The molecule has 98 valence electrons. The van der Waals surface area contributed by atoms with Gasteiger partial charge >= 0.3 is 0 Å². The molecule has 0 amide bonds. The van der Waals surface area contributed by atoms with Gasteiger partial charge in [0.05, 0.1) is 7.11 Å². The molecule has 0 bridgehead atoms. The van der Waals surface area contributed by atoms with E-state index < -0.39 is 0 Å². The average molecular weight is 246 g/mol. The Morgan fingerprint density at radius 3 is 2.83 bits per heavy atom. The maximum atomic E-state index is 5.29. The third kappa shape index (κ3) is 2.44. The van der Waals surface area contributed by atoms with Gasteiger partial charge in [0.25, 0.3) is 0 Å². The minimum atomic E-state index is 0.719. The van der Waals surface area contributed by atoms with E-state index in [2.05, 4.69) is 28.6 Å². The number of benzene rings is 1. The number of nitrogens with one attached hydrogen (secondary N) is 1. The van der Waals surface area contributed by atoms with E-state index in [1.807, 2.05) is 0 Å². The molecule has 0 aliphatic carbocycles. The van der Waals surface area contributed by atoms with E-state index in [1.165, 1.54) is 30.4 Å². The highest BCUT2D eigenvalue weighted by molar-refractivity contribution is 5.35. The zero-order valence-corrected chi connectivity index (χ0v) is 11.1. The highest BCUT2D eigenvalue weighted by atomic mass is 16.7. The molecule has 0 saturated carbocycles. The van der Waals surface area contributed by atoms with Gasteiger partial charge in [-0.1, -0.05) is 18.2 Å². The summed E-state index contributed by atoms with van der Waals surface area (Å²) in [4.78, 5) is 5.29. The average Bonchev–Trinajstić information content (AvgIpc) is 2.47. The number of fused-ring (bicyclic) bond motifs is 1. The Bertz CT molecular complexity index is 411. The third-order valence-electron chi connectivity index (χ3n) is 4.30. The van der Waals surface area contributed by atoms with Gasteiger partial charge in [-0.2, -0.15) is 5.06 Å². The van der Waals surface area contributed by atoms with Crippen LogP contribution in [0.2, 0.25) is 0 Å². The second-order valence-electron chi connectivity index (χ2n) is 5.34. The molecular formula is C15H22N2O. The fraction of sp³-hybridized carbons (Fsp3) is 0.600. The van der Waals surface area contributed by atoms with E-state index in [1.54, 1.807) is 12.7 Å². The molecule has 1 aromatic rings. The van der Waals surface area contributed by atoms with Crippen molar-refractivity contribution in [1.29, 1.82) is 0 Å². The van der Waals surface area contributed by atoms with Gasteiger partial charge in [-0.25, -0.2) is 0 Å². The molecular weight excluding hydrogens is 224 g/mol. The van der Waals surface area contributed by atoms with Gasteiger partial charge in [0.2, 0.25) is 0 Å². The van der Waals surface area contributed by atoms with Gasteiger partial charge in [0.15, 0.2) is 0 Å². The highest BCUT2D eigenvalue weighted by Gasteiger charge is 2.21. The lowest BCUT2D eigenvalue weighted by Crippen LogP contribution is -2.32. The maximum Gasteiger partial charge on any atom is 0.0575 e. The Morgan fingerprint density at radius 2 is 2.06 bits per heavy atom. The topological polar surface area (TPSA) is 24.5 Å². The first kappa shape index (κ1) is 12.2. The van der Waals surface area contributed by atoms with E-state index >= 15 is 0 Å². The van der Waals surface area contributed by atoms with E-state index in [4.69, 9.17) is 4.84 Å². The first-order chi connectivity index (χ1) is 8.86. The quantitative estimate of drug-likeness (QED) is 0.864. The lowest BCUT2D eigenvalue weighted by Gasteiger charge is -2.31. The van der Waals surface area contributed by atoms with Crippen LogP contribution in [0.15, 0.2) is 18.2 Å². The van der Waals surface area contributed by atoms with Crippen molar-refractivity contribution in [3.05, 3.63) is 34.9 Å². The van der Waals surface area contributed by atoms with Crippen molar-refractivity contribution in [2.45, 2.75) is 31.7 Å². The Hall–Kier alpha value is -0.900. The summed E-state index contributed by atoms with van der Waals surface area (Å²) in [6, 6.07) is 7.10. The summed E-state index contributed by atoms with van der Waals surface area (Å²) in [5, 5.41) is 5.50. The van der Waals surface area contributed by atoms with Crippen molar-refractivity contribution in [1.82, 2.24) is 10.4 Å². The van der Waals surface area contributed by atoms with E-state index in [0.29, 0.717) is 0 Å². The summed E-state index contributed by atoms with van der Waals surface area (Å²) in [5.74, 6) is 0.719. The molecule has 18 heavy (non-hydrogen) atoms. The molecule has 0 spiro atoms. The van der Waals surface area contributed by atoms with Crippen LogP contribution in [0.1, 0.15) is 35.4 Å². The van der Waals surface area contributed by atoms with Crippen LogP contribution in [0.25, 0.3) is 0 Å². The van der Waals surface area contributed by atoms with Gasteiger partial charge < -0.3 is 10.2 Å². The van der Waals surface area contributed by atoms with Crippen LogP contribution in [0.5, 0.6) is 0 Å². The molecule has 3 heteroatoms. The first-order valence-electron chi connectivity index (χ1n) is 6.98. The summed E-state index contributed by atoms with van der Waals surface area (Å²) in [6.45, 7) is 4.27. The minimum Gasteiger partial charge on any atom is -0.312 e. The van der Waals surface area contributed by atoms with E-state index in [0.717, 1.165) is 32.1 Å². The van der Waals surface area contributed by atoms with Crippen LogP contribution in [0.4, 0.5) is 0 Å². The van der Waals surface area contributed by atoms with Crippen molar-refractivity contribution in [3.8, 4) is 0 Å². The Labute approximate surface area is 109 Å². The van der Waals surface area contributed by atoms with Gasteiger partial charge in [-0.3, -0.25) is 0 Å². The van der Waals surface area contributed by atoms with Crippen LogP contribution in [-0.4, -0.2) is 31.8 Å². The molecule has 0 radical (unpaired) electrons. The first-order valence-corrected chi connectivity index (χ1v) is 6.98. The van der Waals surface area contributed by atoms with Crippen LogP contribution in [-0.2, 0) is 17.8 Å². The van der Waals surface area contributed by atoms with Crippen molar-refractivity contribution < 1.29 is 4.84 Å². The van der Waals surface area contributed by atoms with Crippen LogP contribution in [0.3, 0.4) is 0 Å². The van der Waals surface area contributed by atoms with Crippen molar-refractivity contribution >= 4 is 0 Å². The molecule has 2 aliphatic rings. The van der Waals surface area contributed by atoms with Crippen molar-refractivity contribution in [2.24, 2.45) is 0 Å². The smallest absolute Gasteiger partial charge is 0.0575 e. The van der Waals surface area contributed by atoms with Gasteiger partial charge in [0.1, 0.15) is 0 Å². The zero-order chi connectivity index (χ0) is 12.4. The molecule has 1 aromatic carbocycles. The summed E-state index contributed by atoms with van der Waals surface area (Å²) >= 11 is 0. The molecule has 3 nitrogen and oxygen atoms in total. The molecule has 3 rings (SSSR count). The number of hydroxylamine groups is 2. The number of nitrogens with zero attached hydrogens (tertiary/aromatic N) is 1. The van der Waals surface area contributed by atoms with Crippen molar-refractivity contribution in [2.75, 3.05) is 26.7 Å². The summed E-state index contributed by atoms with van der Waals surface area (Å²) in [7, 11) is 1.77. The molecule has 2 heterocycles.